The minimum absolute atomic E-state index is 0.212. The molecule has 0 aliphatic rings. The molecule has 0 fully saturated rings. The second kappa shape index (κ2) is 6.95. The molecule has 116 valence electrons. The summed E-state index contributed by atoms with van der Waals surface area (Å²) in [5, 5.41) is 5.87. The summed E-state index contributed by atoms with van der Waals surface area (Å²) in [6, 6.07) is 12.6. The predicted octanol–water partition coefficient (Wildman–Crippen LogP) is 4.59. The van der Waals surface area contributed by atoms with E-state index in [1.807, 2.05) is 18.2 Å². The Morgan fingerprint density at radius 1 is 1.22 bits per heavy atom. The third kappa shape index (κ3) is 3.54. The van der Waals surface area contributed by atoms with Crippen molar-refractivity contribution in [1.82, 2.24) is 9.66 Å². The number of fused-ring (bicyclic) bond motifs is 1. The third-order valence-electron chi connectivity index (χ3n) is 3.19. The molecule has 0 bridgehead atoms. The Kier molecular flexibility index (Phi) is 4.94. The van der Waals surface area contributed by atoms with E-state index < -0.39 is 0 Å². The Morgan fingerprint density at radius 2 is 1.96 bits per heavy atom. The maximum absolute atomic E-state index is 12.7. The van der Waals surface area contributed by atoms with Gasteiger partial charge in [0.25, 0.3) is 5.56 Å². The van der Waals surface area contributed by atoms with E-state index in [9.17, 15) is 4.79 Å². The maximum atomic E-state index is 12.7. The van der Waals surface area contributed by atoms with Crippen LogP contribution < -0.4 is 5.56 Å². The number of nitrogens with zero attached hydrogens (tertiary/aromatic N) is 3. The number of hydrogen-bond acceptors (Lipinski definition) is 3. The van der Waals surface area contributed by atoms with Crippen molar-refractivity contribution in [3.63, 3.8) is 0 Å². The summed E-state index contributed by atoms with van der Waals surface area (Å²) >= 11 is 12.6. The fourth-order valence-electron chi connectivity index (χ4n) is 2.07. The molecule has 0 N–H and O–H groups in total. The molecule has 2 aromatic carbocycles. The zero-order valence-electron chi connectivity index (χ0n) is 11.7. The van der Waals surface area contributed by atoms with Crippen molar-refractivity contribution in [2.24, 2.45) is 5.10 Å². The van der Waals surface area contributed by atoms with Gasteiger partial charge in [0.15, 0.2) is 0 Å². The van der Waals surface area contributed by atoms with Gasteiger partial charge in [0.1, 0.15) is 5.82 Å². The van der Waals surface area contributed by atoms with Crippen LogP contribution in [0.2, 0.25) is 5.02 Å². The van der Waals surface area contributed by atoms with E-state index in [4.69, 9.17) is 11.6 Å². The number of hydrogen-bond donors (Lipinski definition) is 0. The Labute approximate surface area is 154 Å². The predicted molar refractivity (Wildman–Crippen MR) is 101 cm³/mol. The molecule has 0 aliphatic carbocycles. The first-order valence-corrected chi connectivity index (χ1v) is 8.95. The molecule has 0 amide bonds. The van der Waals surface area contributed by atoms with Gasteiger partial charge in [0.2, 0.25) is 0 Å². The van der Waals surface area contributed by atoms with E-state index in [0.29, 0.717) is 27.1 Å². The van der Waals surface area contributed by atoms with Crippen molar-refractivity contribution in [1.29, 1.82) is 0 Å². The molecule has 0 aliphatic heterocycles. The van der Waals surface area contributed by atoms with Gasteiger partial charge >= 0.3 is 0 Å². The molecule has 0 unspecified atom stereocenters. The summed E-state index contributed by atoms with van der Waals surface area (Å²) in [6.07, 6.45) is 1.61. The SMILES string of the molecule is O=c1c2cc(Br)ccc2nc(CBr)n1/N=C/c1ccc(Cl)cc1. The topological polar surface area (TPSA) is 47.2 Å². The van der Waals surface area contributed by atoms with Gasteiger partial charge in [-0.25, -0.2) is 4.98 Å². The minimum Gasteiger partial charge on any atom is -0.267 e. The molecule has 0 spiro atoms. The highest BCUT2D eigenvalue weighted by Gasteiger charge is 2.09. The highest BCUT2D eigenvalue weighted by Crippen LogP contribution is 2.16. The first kappa shape index (κ1) is 16.4. The molecule has 0 atom stereocenters. The summed E-state index contributed by atoms with van der Waals surface area (Å²) in [4.78, 5) is 17.2. The molecule has 4 nitrogen and oxygen atoms in total. The van der Waals surface area contributed by atoms with Crippen LogP contribution in [0.4, 0.5) is 0 Å². The fourth-order valence-corrected chi connectivity index (χ4v) is 2.92. The highest BCUT2D eigenvalue weighted by molar-refractivity contribution is 9.10. The Bertz CT molecular complexity index is 952. The van der Waals surface area contributed by atoms with Crippen molar-refractivity contribution in [2.45, 2.75) is 5.33 Å². The van der Waals surface area contributed by atoms with Gasteiger partial charge in [-0.05, 0) is 35.9 Å². The van der Waals surface area contributed by atoms with Crippen LogP contribution in [0.5, 0.6) is 0 Å². The molecule has 23 heavy (non-hydrogen) atoms. The lowest BCUT2D eigenvalue weighted by Crippen LogP contribution is -2.21. The van der Waals surface area contributed by atoms with Crippen LogP contribution in [-0.2, 0) is 5.33 Å². The summed E-state index contributed by atoms with van der Waals surface area (Å²) in [6.45, 7) is 0. The molecular weight excluding hydrogens is 445 g/mol. The van der Waals surface area contributed by atoms with E-state index in [1.165, 1.54) is 4.68 Å². The van der Waals surface area contributed by atoms with Crippen LogP contribution in [0.3, 0.4) is 0 Å². The Balaban J connectivity index is 2.13. The largest absolute Gasteiger partial charge is 0.282 e. The van der Waals surface area contributed by atoms with Crippen molar-refractivity contribution >= 4 is 60.6 Å². The third-order valence-corrected chi connectivity index (χ3v) is 4.43. The van der Waals surface area contributed by atoms with Gasteiger partial charge in [0.05, 0.1) is 22.4 Å². The van der Waals surface area contributed by atoms with E-state index in [0.717, 1.165) is 10.0 Å². The van der Waals surface area contributed by atoms with Crippen LogP contribution >= 0.6 is 43.5 Å². The number of alkyl halides is 1. The molecule has 3 aromatic rings. The molecular formula is C16H10Br2ClN3O. The van der Waals surface area contributed by atoms with Gasteiger partial charge in [-0.15, -0.1) is 0 Å². The molecule has 1 heterocycles. The van der Waals surface area contributed by atoms with E-state index in [2.05, 4.69) is 41.9 Å². The lowest BCUT2D eigenvalue weighted by atomic mass is 10.2. The molecule has 0 saturated carbocycles. The number of halogens is 3. The van der Waals surface area contributed by atoms with Crippen LogP contribution in [0.15, 0.2) is 56.8 Å². The van der Waals surface area contributed by atoms with Crippen molar-refractivity contribution < 1.29 is 0 Å². The molecule has 0 radical (unpaired) electrons. The van der Waals surface area contributed by atoms with Gasteiger partial charge in [-0.1, -0.05) is 55.6 Å². The fraction of sp³-hybridized carbons (Fsp3) is 0.0625. The van der Waals surface area contributed by atoms with E-state index in [-0.39, 0.29) is 5.56 Å². The summed E-state index contributed by atoms with van der Waals surface area (Å²) in [7, 11) is 0. The monoisotopic (exact) mass is 453 g/mol. The normalized spacial score (nSPS) is 11.4. The summed E-state index contributed by atoms with van der Waals surface area (Å²) in [5.74, 6) is 0.537. The second-order valence-electron chi connectivity index (χ2n) is 4.74. The van der Waals surface area contributed by atoms with Crippen molar-refractivity contribution in [3.8, 4) is 0 Å². The number of benzene rings is 2. The highest BCUT2D eigenvalue weighted by atomic mass is 79.9. The van der Waals surface area contributed by atoms with Crippen LogP contribution in [0, 0.1) is 0 Å². The van der Waals surface area contributed by atoms with E-state index in [1.54, 1.807) is 30.5 Å². The first-order chi connectivity index (χ1) is 11.1. The lowest BCUT2D eigenvalue weighted by Gasteiger charge is -2.07. The molecule has 0 saturated heterocycles. The second-order valence-corrected chi connectivity index (χ2v) is 6.65. The first-order valence-electron chi connectivity index (χ1n) is 6.65. The van der Waals surface area contributed by atoms with Gasteiger partial charge < -0.3 is 0 Å². The zero-order chi connectivity index (χ0) is 16.4. The quantitative estimate of drug-likeness (QED) is 0.428. The minimum atomic E-state index is -0.212. The van der Waals surface area contributed by atoms with Gasteiger partial charge in [-0.2, -0.15) is 9.78 Å². The molecule has 3 rings (SSSR count). The van der Waals surface area contributed by atoms with Crippen LogP contribution in [0.25, 0.3) is 10.9 Å². The number of rotatable bonds is 3. The van der Waals surface area contributed by atoms with Gasteiger partial charge in [-0.3, -0.25) is 4.79 Å². The Hall–Kier alpha value is -1.50. The maximum Gasteiger partial charge on any atom is 0.282 e. The average molecular weight is 456 g/mol. The average Bonchev–Trinajstić information content (AvgIpc) is 2.56. The smallest absolute Gasteiger partial charge is 0.267 e. The summed E-state index contributed by atoms with van der Waals surface area (Å²) in [5.41, 5.74) is 1.28. The lowest BCUT2D eigenvalue weighted by molar-refractivity contribution is 0.766. The van der Waals surface area contributed by atoms with Crippen molar-refractivity contribution in [3.05, 3.63) is 73.7 Å². The Morgan fingerprint density at radius 3 is 2.65 bits per heavy atom. The van der Waals surface area contributed by atoms with Crippen molar-refractivity contribution in [2.75, 3.05) is 0 Å². The van der Waals surface area contributed by atoms with E-state index >= 15 is 0 Å². The van der Waals surface area contributed by atoms with Gasteiger partial charge in [0, 0.05) is 9.50 Å². The van der Waals surface area contributed by atoms with Crippen LogP contribution in [0.1, 0.15) is 11.4 Å². The zero-order valence-corrected chi connectivity index (χ0v) is 15.6. The summed E-state index contributed by atoms with van der Waals surface area (Å²) < 4.78 is 2.13. The van der Waals surface area contributed by atoms with Crippen LogP contribution in [-0.4, -0.2) is 15.9 Å². The molecule has 1 aromatic heterocycles. The number of aromatic nitrogens is 2. The molecule has 7 heteroatoms. The standard InChI is InChI=1S/C16H10Br2ClN3O/c17-8-15-21-14-6-3-11(18)7-13(14)16(23)22(15)20-9-10-1-4-12(19)5-2-10/h1-7,9H,8H2/b20-9+.